The number of benzene rings is 6. The highest BCUT2D eigenvalue weighted by molar-refractivity contribution is 5.99. The van der Waals surface area contributed by atoms with Gasteiger partial charge in [-0.15, -0.1) is 0 Å². The first-order valence-electron chi connectivity index (χ1n) is 20.5. The Morgan fingerprint density at radius 1 is 0.574 bits per heavy atom. The molecule has 6 aliphatic rings. The van der Waals surface area contributed by atoms with Crippen LogP contribution in [0.25, 0.3) is 38.6 Å². The second-order valence-electron chi connectivity index (χ2n) is 17.8. The zero-order chi connectivity index (χ0) is 36.3. The lowest BCUT2D eigenvalue weighted by Gasteiger charge is -2.61. The summed E-state index contributed by atoms with van der Waals surface area (Å²) in [5.74, 6) is 3.44. The van der Waals surface area contributed by atoms with Gasteiger partial charge in [-0.3, -0.25) is 0 Å². The van der Waals surface area contributed by atoms with E-state index in [9.17, 15) is 0 Å². The predicted octanol–water partition coefficient (Wildman–Crippen LogP) is 14.3. The van der Waals surface area contributed by atoms with Crippen LogP contribution < -0.4 is 4.90 Å². The molecule has 266 valence electrons. The van der Waals surface area contributed by atoms with Crippen molar-refractivity contribution in [1.82, 2.24) is 0 Å². The van der Waals surface area contributed by atoms with Crippen LogP contribution >= 0.6 is 0 Å². The Hall–Kier alpha value is -5.14. The monoisotopic (exact) mass is 699 g/mol. The fourth-order valence-corrected chi connectivity index (χ4v) is 12.5. The quantitative estimate of drug-likeness (QED) is 0.173. The molecular weight excluding hydrogens is 651 g/mol. The van der Waals surface area contributed by atoms with Gasteiger partial charge in [-0.1, -0.05) is 123 Å². The number of nitrogens with zero attached hydrogens (tertiary/aromatic N) is 1. The number of allylic oxidation sites excluding steroid dienone is 4. The van der Waals surface area contributed by atoms with Gasteiger partial charge in [0.2, 0.25) is 0 Å². The molecule has 0 radical (unpaired) electrons. The van der Waals surface area contributed by atoms with Crippen molar-refractivity contribution >= 4 is 33.4 Å². The zero-order valence-electron chi connectivity index (χ0n) is 32.1. The van der Waals surface area contributed by atoms with Crippen molar-refractivity contribution in [2.45, 2.75) is 70.6 Å². The normalized spacial score (nSPS) is 25.5. The topological polar surface area (TPSA) is 3.24 Å². The van der Waals surface area contributed by atoms with Crippen LogP contribution in [0, 0.1) is 23.7 Å². The average Bonchev–Trinajstić information content (AvgIpc) is 3.58. The Balaban J connectivity index is 1.03. The molecular formula is C53H49N. The van der Waals surface area contributed by atoms with Gasteiger partial charge in [0.25, 0.3) is 0 Å². The number of fused-ring (bicyclic) bond motifs is 5. The molecule has 1 heteroatoms. The highest BCUT2D eigenvalue weighted by Gasteiger charge is 2.61. The van der Waals surface area contributed by atoms with Gasteiger partial charge in [0.1, 0.15) is 0 Å². The Kier molecular flexibility index (Phi) is 6.99. The molecule has 12 rings (SSSR count). The van der Waals surface area contributed by atoms with Gasteiger partial charge >= 0.3 is 0 Å². The highest BCUT2D eigenvalue weighted by Crippen LogP contribution is 2.69. The summed E-state index contributed by atoms with van der Waals surface area (Å²) in [6.07, 6.45) is 11.6. The van der Waals surface area contributed by atoms with E-state index in [-0.39, 0.29) is 10.8 Å². The minimum atomic E-state index is -0.0453. The Bertz CT molecular complexity index is 2530. The molecule has 0 saturated heterocycles. The van der Waals surface area contributed by atoms with Crippen LogP contribution in [0.1, 0.15) is 82.1 Å². The van der Waals surface area contributed by atoms with Crippen molar-refractivity contribution in [3.05, 3.63) is 167 Å². The molecule has 0 aromatic heterocycles. The maximum Gasteiger partial charge on any atom is 0.0540 e. The van der Waals surface area contributed by atoms with Crippen molar-refractivity contribution in [1.29, 1.82) is 0 Å². The molecule has 0 N–H and O–H groups in total. The van der Waals surface area contributed by atoms with Crippen LogP contribution in [0.3, 0.4) is 0 Å². The van der Waals surface area contributed by atoms with Crippen LogP contribution in [0.4, 0.5) is 17.1 Å². The van der Waals surface area contributed by atoms with Crippen molar-refractivity contribution in [3.8, 4) is 22.3 Å². The van der Waals surface area contributed by atoms with Crippen molar-refractivity contribution in [3.63, 3.8) is 0 Å². The fourth-order valence-electron chi connectivity index (χ4n) is 12.5. The standard InChI is InChI=1S/C53H49N/c1-5-11-43-33(2)52(3,4)49-32-42(23-25-46(43)49)54(51-17-10-13-37-12-6-7-14-44(37)51)41-21-18-36(19-22-41)38-20-24-47-45-15-8-9-16-48(45)53(50(47)31-38)39-27-34-26-35(29-39)30-40(53)28-34/h5-25,31-32,34-35,39-40H,26-30H2,1-4H3/b11-5-. The second kappa shape index (κ2) is 11.7. The first-order valence-corrected chi connectivity index (χ1v) is 20.5. The van der Waals surface area contributed by atoms with Crippen LogP contribution in [-0.4, -0.2) is 0 Å². The Labute approximate surface area is 321 Å². The van der Waals surface area contributed by atoms with Gasteiger partial charge in [-0.2, -0.15) is 0 Å². The molecule has 0 aliphatic heterocycles. The van der Waals surface area contributed by atoms with E-state index in [4.69, 9.17) is 0 Å². The summed E-state index contributed by atoms with van der Waals surface area (Å²) in [6.45, 7) is 9.18. The molecule has 0 amide bonds. The fraction of sp³-hybridized carbons (Fsp3) is 0.283. The van der Waals surface area contributed by atoms with E-state index in [1.54, 1.807) is 11.1 Å². The maximum absolute atomic E-state index is 2.62. The summed E-state index contributed by atoms with van der Waals surface area (Å²) in [4.78, 5) is 2.48. The number of hydrogen-bond donors (Lipinski definition) is 0. The van der Waals surface area contributed by atoms with Gasteiger partial charge in [0.15, 0.2) is 0 Å². The van der Waals surface area contributed by atoms with Crippen LogP contribution in [0.2, 0.25) is 0 Å². The highest BCUT2D eigenvalue weighted by atomic mass is 15.1. The molecule has 4 bridgehead atoms. The molecule has 4 saturated carbocycles. The summed E-state index contributed by atoms with van der Waals surface area (Å²) in [5.41, 5.74) is 18.1. The van der Waals surface area contributed by atoms with Gasteiger partial charge < -0.3 is 4.90 Å². The maximum atomic E-state index is 2.62. The van der Waals surface area contributed by atoms with E-state index in [0.717, 1.165) is 23.7 Å². The third-order valence-electron chi connectivity index (χ3n) is 14.9. The Morgan fingerprint density at radius 3 is 2.00 bits per heavy atom. The summed E-state index contributed by atoms with van der Waals surface area (Å²) in [5, 5.41) is 2.51. The van der Waals surface area contributed by atoms with Crippen molar-refractivity contribution in [2.24, 2.45) is 23.7 Å². The van der Waals surface area contributed by atoms with E-state index < -0.39 is 0 Å². The number of anilines is 3. The molecule has 1 nitrogen and oxygen atoms in total. The molecule has 6 aromatic carbocycles. The number of rotatable bonds is 5. The average molecular weight is 700 g/mol. The van der Waals surface area contributed by atoms with E-state index in [0.29, 0.717) is 0 Å². The molecule has 4 fully saturated rings. The van der Waals surface area contributed by atoms with Gasteiger partial charge in [0, 0.05) is 27.6 Å². The summed E-state index contributed by atoms with van der Waals surface area (Å²) in [6, 6.07) is 49.0. The summed E-state index contributed by atoms with van der Waals surface area (Å²) < 4.78 is 0. The SMILES string of the molecule is C/C=C\C1=C(C)C(C)(C)c2cc(N(c3ccc(-c4ccc5c(c4)C4(c6ccccc6-5)C5CC6CC(C5)CC4C6)cc3)c3cccc4ccccc34)ccc21. The summed E-state index contributed by atoms with van der Waals surface area (Å²) in [7, 11) is 0. The summed E-state index contributed by atoms with van der Waals surface area (Å²) >= 11 is 0. The third kappa shape index (κ3) is 4.39. The Morgan fingerprint density at radius 2 is 1.22 bits per heavy atom. The molecule has 0 atom stereocenters. The zero-order valence-corrected chi connectivity index (χ0v) is 32.1. The minimum Gasteiger partial charge on any atom is -0.310 e. The lowest BCUT2D eigenvalue weighted by atomic mass is 9.43. The first-order chi connectivity index (χ1) is 26.4. The second-order valence-corrected chi connectivity index (χ2v) is 17.8. The minimum absolute atomic E-state index is 0.0453. The molecule has 0 heterocycles. The molecule has 54 heavy (non-hydrogen) atoms. The van der Waals surface area contributed by atoms with E-state index in [2.05, 4.69) is 172 Å². The third-order valence-corrected chi connectivity index (χ3v) is 14.9. The smallest absolute Gasteiger partial charge is 0.0540 e. The van der Waals surface area contributed by atoms with Gasteiger partial charge in [-0.25, -0.2) is 0 Å². The first kappa shape index (κ1) is 32.3. The largest absolute Gasteiger partial charge is 0.310 e. The lowest BCUT2D eigenvalue weighted by Crippen LogP contribution is -2.55. The molecule has 1 spiro atoms. The predicted molar refractivity (Wildman–Crippen MR) is 228 cm³/mol. The molecule has 6 aliphatic carbocycles. The van der Waals surface area contributed by atoms with E-state index in [1.807, 2.05) is 0 Å². The van der Waals surface area contributed by atoms with Crippen molar-refractivity contribution < 1.29 is 0 Å². The molecule has 6 aromatic rings. The van der Waals surface area contributed by atoms with Crippen LogP contribution in [0.15, 0.2) is 145 Å². The van der Waals surface area contributed by atoms with Gasteiger partial charge in [0.05, 0.1) is 5.69 Å². The van der Waals surface area contributed by atoms with E-state index >= 15 is 0 Å². The number of hydrogen-bond acceptors (Lipinski definition) is 1. The lowest BCUT2D eigenvalue weighted by molar-refractivity contribution is -0.0399. The van der Waals surface area contributed by atoms with Crippen molar-refractivity contribution in [2.75, 3.05) is 4.90 Å². The van der Waals surface area contributed by atoms with Crippen LogP contribution in [-0.2, 0) is 10.8 Å². The molecule has 0 unspecified atom stereocenters. The van der Waals surface area contributed by atoms with Gasteiger partial charge in [-0.05, 0) is 161 Å². The van der Waals surface area contributed by atoms with Crippen LogP contribution in [0.5, 0.6) is 0 Å². The van der Waals surface area contributed by atoms with E-state index in [1.165, 1.54) is 104 Å².